The SMILES string of the molecule is CN1CCCC1C(=O)NC/C=C/C1=C(C(=O)O)N2C(=O)[C@@H](NC(=O)Cc3ccccc3)[C@H]2SC1. The third-order valence-electron chi connectivity index (χ3n) is 6.26. The molecule has 10 heteroatoms. The number of carbonyl (C=O) groups excluding carboxylic acids is 3. The maximum atomic E-state index is 12.8. The van der Waals surface area contributed by atoms with Gasteiger partial charge in [-0.1, -0.05) is 42.5 Å². The van der Waals surface area contributed by atoms with E-state index in [2.05, 4.69) is 10.6 Å². The molecule has 0 saturated carbocycles. The summed E-state index contributed by atoms with van der Waals surface area (Å²) in [4.78, 5) is 52.7. The zero-order valence-electron chi connectivity index (χ0n) is 18.9. The summed E-state index contributed by atoms with van der Waals surface area (Å²) in [6.45, 7) is 1.18. The lowest BCUT2D eigenvalue weighted by Gasteiger charge is -2.49. The van der Waals surface area contributed by atoms with Gasteiger partial charge in [-0.3, -0.25) is 24.2 Å². The molecule has 2 fully saturated rings. The van der Waals surface area contributed by atoms with Crippen molar-refractivity contribution >= 4 is 35.5 Å². The number of hydrogen-bond acceptors (Lipinski definition) is 6. The van der Waals surface area contributed by atoms with Gasteiger partial charge in [0.1, 0.15) is 17.1 Å². The molecule has 3 amide bonds. The minimum Gasteiger partial charge on any atom is -0.477 e. The Morgan fingerprint density at radius 1 is 1.24 bits per heavy atom. The fourth-order valence-corrected chi connectivity index (χ4v) is 5.82. The van der Waals surface area contributed by atoms with E-state index in [1.807, 2.05) is 42.3 Å². The molecule has 2 saturated heterocycles. The Morgan fingerprint density at radius 3 is 2.68 bits per heavy atom. The molecule has 9 nitrogen and oxygen atoms in total. The fourth-order valence-electron chi connectivity index (χ4n) is 4.50. The van der Waals surface area contributed by atoms with E-state index in [4.69, 9.17) is 0 Å². The second kappa shape index (κ2) is 10.4. The van der Waals surface area contributed by atoms with Gasteiger partial charge in [0.15, 0.2) is 0 Å². The molecule has 1 aromatic rings. The third-order valence-corrected chi connectivity index (χ3v) is 7.56. The average Bonchev–Trinajstić information content (AvgIpc) is 3.26. The highest BCUT2D eigenvalue weighted by atomic mass is 32.2. The number of likely N-dealkylation sites (tertiary alicyclic amines) is 1. The summed E-state index contributed by atoms with van der Waals surface area (Å²) in [7, 11) is 1.92. The zero-order valence-corrected chi connectivity index (χ0v) is 19.7. The lowest BCUT2D eigenvalue weighted by Crippen LogP contribution is -2.70. The van der Waals surface area contributed by atoms with Crippen molar-refractivity contribution in [3.8, 4) is 0 Å². The normalized spacial score (nSPS) is 24.7. The molecule has 3 atom stereocenters. The number of thioether (sulfide) groups is 1. The van der Waals surface area contributed by atoms with Crippen LogP contribution >= 0.6 is 11.8 Å². The minimum atomic E-state index is -1.19. The number of carbonyl (C=O) groups is 4. The van der Waals surface area contributed by atoms with E-state index in [-0.39, 0.29) is 36.5 Å². The molecule has 1 aromatic carbocycles. The van der Waals surface area contributed by atoms with E-state index in [0.717, 1.165) is 24.9 Å². The number of allylic oxidation sites excluding steroid dienone is 1. The van der Waals surface area contributed by atoms with Gasteiger partial charge in [0.2, 0.25) is 11.8 Å². The number of β-lactam (4-membered cyclic amide) rings is 1. The summed E-state index contributed by atoms with van der Waals surface area (Å²) in [6.07, 6.45) is 5.34. The molecule has 0 spiro atoms. The fraction of sp³-hybridized carbons (Fsp3) is 0.417. The zero-order chi connectivity index (χ0) is 24.2. The Labute approximate surface area is 202 Å². The number of likely N-dealkylation sites (N-methyl/N-ethyl adjacent to an activating group) is 1. The van der Waals surface area contributed by atoms with Gasteiger partial charge in [0.05, 0.1) is 12.5 Å². The summed E-state index contributed by atoms with van der Waals surface area (Å²) in [5, 5.41) is 14.9. The third kappa shape index (κ3) is 5.02. The minimum absolute atomic E-state index is 0.0397. The van der Waals surface area contributed by atoms with Crippen LogP contribution < -0.4 is 10.6 Å². The second-order valence-corrected chi connectivity index (χ2v) is 9.69. The molecular weight excluding hydrogens is 456 g/mol. The summed E-state index contributed by atoms with van der Waals surface area (Å²) in [6, 6.07) is 8.34. The van der Waals surface area contributed by atoms with Crippen LogP contribution in [-0.4, -0.2) is 81.9 Å². The number of carboxylic acid groups (broad SMARTS) is 1. The molecule has 4 rings (SSSR count). The maximum absolute atomic E-state index is 12.8. The summed E-state index contributed by atoms with van der Waals surface area (Å²) in [5.74, 6) is -1.55. The Kier molecular flexibility index (Phi) is 7.38. The van der Waals surface area contributed by atoms with Crippen LogP contribution in [0.1, 0.15) is 18.4 Å². The predicted molar refractivity (Wildman–Crippen MR) is 128 cm³/mol. The van der Waals surface area contributed by atoms with E-state index in [1.165, 1.54) is 16.7 Å². The molecule has 34 heavy (non-hydrogen) atoms. The number of benzene rings is 1. The van der Waals surface area contributed by atoms with Crippen LogP contribution in [0.2, 0.25) is 0 Å². The van der Waals surface area contributed by atoms with Crippen LogP contribution in [0.5, 0.6) is 0 Å². The van der Waals surface area contributed by atoms with Gasteiger partial charge in [0, 0.05) is 12.3 Å². The highest BCUT2D eigenvalue weighted by molar-refractivity contribution is 8.00. The van der Waals surface area contributed by atoms with Gasteiger partial charge in [-0.05, 0) is 37.6 Å². The van der Waals surface area contributed by atoms with Crippen molar-refractivity contribution in [1.82, 2.24) is 20.4 Å². The predicted octanol–water partition coefficient (Wildman–Crippen LogP) is 0.734. The van der Waals surface area contributed by atoms with Crippen molar-refractivity contribution < 1.29 is 24.3 Å². The number of nitrogens with zero attached hydrogens (tertiary/aromatic N) is 2. The number of fused-ring (bicyclic) bond motifs is 1. The van der Waals surface area contributed by atoms with Gasteiger partial charge >= 0.3 is 5.97 Å². The number of carboxylic acids is 1. The molecule has 0 aromatic heterocycles. The van der Waals surface area contributed by atoms with Gasteiger partial charge in [-0.15, -0.1) is 11.8 Å². The van der Waals surface area contributed by atoms with Crippen molar-refractivity contribution in [2.45, 2.75) is 36.7 Å². The molecule has 3 aliphatic rings. The number of hydrogen-bond donors (Lipinski definition) is 3. The highest BCUT2D eigenvalue weighted by Gasteiger charge is 2.53. The van der Waals surface area contributed by atoms with Crippen LogP contribution in [-0.2, 0) is 25.6 Å². The summed E-state index contributed by atoms with van der Waals surface area (Å²) in [5.41, 5.74) is 1.27. The molecule has 180 valence electrons. The lowest BCUT2D eigenvalue weighted by atomic mass is 10.0. The van der Waals surface area contributed by atoms with Crippen LogP contribution in [0.25, 0.3) is 0 Å². The Hall–Kier alpha value is -3.11. The van der Waals surface area contributed by atoms with Gasteiger partial charge < -0.3 is 15.7 Å². The van der Waals surface area contributed by atoms with Gasteiger partial charge in [-0.25, -0.2) is 4.79 Å². The van der Waals surface area contributed by atoms with Crippen molar-refractivity contribution in [2.75, 3.05) is 25.9 Å². The lowest BCUT2D eigenvalue weighted by molar-refractivity contribution is -0.150. The van der Waals surface area contributed by atoms with Crippen LogP contribution in [0, 0.1) is 0 Å². The van der Waals surface area contributed by atoms with E-state index < -0.39 is 23.3 Å². The molecule has 3 heterocycles. The van der Waals surface area contributed by atoms with Gasteiger partial charge in [0.25, 0.3) is 5.91 Å². The highest BCUT2D eigenvalue weighted by Crippen LogP contribution is 2.40. The topological polar surface area (TPSA) is 119 Å². The van der Waals surface area contributed by atoms with Gasteiger partial charge in [-0.2, -0.15) is 0 Å². The number of rotatable bonds is 8. The Bertz CT molecular complexity index is 1040. The van der Waals surface area contributed by atoms with Crippen molar-refractivity contribution in [3.05, 3.63) is 59.3 Å². The van der Waals surface area contributed by atoms with Crippen LogP contribution in [0.3, 0.4) is 0 Å². The van der Waals surface area contributed by atoms with Crippen LogP contribution in [0.15, 0.2) is 53.8 Å². The summed E-state index contributed by atoms with van der Waals surface area (Å²) < 4.78 is 0. The average molecular weight is 485 g/mol. The van der Waals surface area contributed by atoms with Crippen molar-refractivity contribution in [3.63, 3.8) is 0 Å². The van der Waals surface area contributed by atoms with Crippen LogP contribution in [0.4, 0.5) is 0 Å². The van der Waals surface area contributed by atoms with E-state index in [1.54, 1.807) is 12.2 Å². The smallest absolute Gasteiger partial charge is 0.352 e. The van der Waals surface area contributed by atoms with E-state index >= 15 is 0 Å². The quantitative estimate of drug-likeness (QED) is 0.466. The molecule has 0 bridgehead atoms. The molecular formula is C24H28N4O5S. The van der Waals surface area contributed by atoms with Crippen molar-refractivity contribution in [1.29, 1.82) is 0 Å². The monoisotopic (exact) mass is 484 g/mol. The van der Waals surface area contributed by atoms with E-state index in [0.29, 0.717) is 11.3 Å². The Morgan fingerprint density at radius 2 is 2.00 bits per heavy atom. The second-order valence-electron chi connectivity index (χ2n) is 8.58. The summed E-state index contributed by atoms with van der Waals surface area (Å²) >= 11 is 1.41. The number of aliphatic carboxylic acids is 1. The molecule has 0 radical (unpaired) electrons. The first kappa shape index (κ1) is 24.0. The van der Waals surface area contributed by atoms with Crippen molar-refractivity contribution in [2.24, 2.45) is 0 Å². The van der Waals surface area contributed by atoms with E-state index in [9.17, 15) is 24.3 Å². The molecule has 0 aliphatic carbocycles. The molecule has 3 N–H and O–H groups in total. The number of nitrogens with one attached hydrogen (secondary N) is 2. The first-order valence-corrected chi connectivity index (χ1v) is 12.3. The first-order chi connectivity index (χ1) is 16.4. The largest absolute Gasteiger partial charge is 0.477 e. The molecule has 3 aliphatic heterocycles. The number of amides is 3. The Balaban J connectivity index is 1.36. The first-order valence-electron chi connectivity index (χ1n) is 11.3. The maximum Gasteiger partial charge on any atom is 0.352 e. The molecule has 1 unspecified atom stereocenters. The standard InChI is InChI=1S/C24H28N4O5S/c1-27-12-6-10-17(27)21(30)25-11-5-9-16-14-34-23-19(22(31)28(23)20(16)24(32)33)26-18(29)13-15-7-3-2-4-8-15/h2-5,7-9,17,19,23H,6,10-14H2,1H3,(H,25,30)(H,26,29)(H,32,33)/b9-5+/t17?,19-,23-/m1/s1.